The molecule has 1 aromatic rings. The standard InChI is InChI=1S/C14H18N2O5/c1-8(15-13(18)11-4-3-7-20-11)14(19)21-9(2)12(17)16-10-5-6-10/h3-4,7-10H,5-6H2,1-2H3,(H,15,18)(H,16,17). The predicted octanol–water partition coefficient (Wildman–Crippen LogP) is 0.608. The first-order valence-corrected chi connectivity index (χ1v) is 6.82. The average molecular weight is 294 g/mol. The molecular weight excluding hydrogens is 276 g/mol. The molecule has 1 heterocycles. The van der Waals surface area contributed by atoms with Gasteiger partial charge in [0.15, 0.2) is 11.9 Å². The molecule has 2 unspecified atom stereocenters. The molecule has 0 aliphatic heterocycles. The average Bonchev–Trinajstić information content (AvgIpc) is 3.07. The summed E-state index contributed by atoms with van der Waals surface area (Å²) < 4.78 is 9.94. The summed E-state index contributed by atoms with van der Waals surface area (Å²) in [5.74, 6) is -1.41. The second kappa shape index (κ2) is 6.43. The minimum absolute atomic E-state index is 0.106. The van der Waals surface area contributed by atoms with E-state index in [1.54, 1.807) is 6.07 Å². The maximum absolute atomic E-state index is 11.8. The molecule has 0 saturated heterocycles. The molecule has 2 amide bonds. The third-order valence-electron chi connectivity index (χ3n) is 3.03. The predicted molar refractivity (Wildman–Crippen MR) is 72.4 cm³/mol. The third kappa shape index (κ3) is 4.34. The summed E-state index contributed by atoms with van der Waals surface area (Å²) in [5, 5.41) is 5.18. The van der Waals surface area contributed by atoms with Crippen molar-refractivity contribution in [3.63, 3.8) is 0 Å². The van der Waals surface area contributed by atoms with E-state index in [-0.39, 0.29) is 17.7 Å². The number of carbonyl (C=O) groups excluding carboxylic acids is 3. The molecule has 1 aliphatic rings. The van der Waals surface area contributed by atoms with E-state index < -0.39 is 24.0 Å². The summed E-state index contributed by atoms with van der Waals surface area (Å²) in [7, 11) is 0. The van der Waals surface area contributed by atoms with Gasteiger partial charge in [0, 0.05) is 6.04 Å². The van der Waals surface area contributed by atoms with E-state index in [1.807, 2.05) is 0 Å². The zero-order valence-corrected chi connectivity index (χ0v) is 11.9. The Morgan fingerprint density at radius 1 is 1.33 bits per heavy atom. The molecule has 21 heavy (non-hydrogen) atoms. The molecule has 1 aromatic heterocycles. The summed E-state index contributed by atoms with van der Waals surface area (Å²) in [6.07, 6.45) is 2.40. The fraction of sp³-hybridized carbons (Fsp3) is 0.500. The van der Waals surface area contributed by atoms with Crippen LogP contribution < -0.4 is 10.6 Å². The zero-order valence-electron chi connectivity index (χ0n) is 11.9. The van der Waals surface area contributed by atoms with E-state index in [2.05, 4.69) is 10.6 Å². The van der Waals surface area contributed by atoms with E-state index in [0.29, 0.717) is 0 Å². The zero-order chi connectivity index (χ0) is 15.4. The van der Waals surface area contributed by atoms with Gasteiger partial charge in [0.05, 0.1) is 6.26 Å². The maximum Gasteiger partial charge on any atom is 0.329 e. The molecular formula is C14H18N2O5. The van der Waals surface area contributed by atoms with Crippen LogP contribution in [0.25, 0.3) is 0 Å². The lowest BCUT2D eigenvalue weighted by molar-refractivity contribution is -0.156. The third-order valence-corrected chi connectivity index (χ3v) is 3.03. The topological polar surface area (TPSA) is 97.6 Å². The van der Waals surface area contributed by atoms with Crippen LogP contribution >= 0.6 is 0 Å². The first-order valence-electron chi connectivity index (χ1n) is 6.82. The van der Waals surface area contributed by atoms with Crippen molar-refractivity contribution in [1.29, 1.82) is 0 Å². The van der Waals surface area contributed by atoms with Gasteiger partial charge in [-0.05, 0) is 38.8 Å². The quantitative estimate of drug-likeness (QED) is 0.749. The molecule has 114 valence electrons. The largest absolute Gasteiger partial charge is 0.459 e. The number of esters is 1. The summed E-state index contributed by atoms with van der Waals surface area (Å²) in [4.78, 5) is 35.2. The number of nitrogens with one attached hydrogen (secondary N) is 2. The lowest BCUT2D eigenvalue weighted by Crippen LogP contribution is -2.43. The minimum Gasteiger partial charge on any atom is -0.459 e. The number of ether oxygens (including phenoxy) is 1. The normalized spacial score (nSPS) is 16.7. The van der Waals surface area contributed by atoms with Crippen LogP contribution in [0, 0.1) is 0 Å². The highest BCUT2D eigenvalue weighted by Gasteiger charge is 2.28. The molecule has 0 aromatic carbocycles. The highest BCUT2D eigenvalue weighted by atomic mass is 16.5. The van der Waals surface area contributed by atoms with E-state index in [1.165, 1.54) is 26.2 Å². The van der Waals surface area contributed by atoms with Crippen LogP contribution in [0.1, 0.15) is 37.2 Å². The van der Waals surface area contributed by atoms with Crippen molar-refractivity contribution in [3.8, 4) is 0 Å². The van der Waals surface area contributed by atoms with Crippen LogP contribution in [0.3, 0.4) is 0 Å². The van der Waals surface area contributed by atoms with E-state index in [4.69, 9.17) is 9.15 Å². The fourth-order valence-corrected chi connectivity index (χ4v) is 1.61. The molecule has 1 saturated carbocycles. The van der Waals surface area contributed by atoms with Crippen LogP contribution in [0.5, 0.6) is 0 Å². The SMILES string of the molecule is CC(NC(=O)c1ccco1)C(=O)OC(C)C(=O)NC1CC1. The van der Waals surface area contributed by atoms with Crippen LogP contribution in [0.15, 0.2) is 22.8 Å². The van der Waals surface area contributed by atoms with E-state index in [0.717, 1.165) is 12.8 Å². The number of furan rings is 1. The Kier molecular flexibility index (Phi) is 4.62. The summed E-state index contributed by atoms with van der Waals surface area (Å²) in [6, 6.07) is 2.38. The Morgan fingerprint density at radius 3 is 2.62 bits per heavy atom. The summed E-state index contributed by atoms with van der Waals surface area (Å²) >= 11 is 0. The molecule has 7 heteroatoms. The van der Waals surface area contributed by atoms with Gasteiger partial charge >= 0.3 is 5.97 Å². The van der Waals surface area contributed by atoms with Gasteiger partial charge in [-0.25, -0.2) is 4.79 Å². The van der Waals surface area contributed by atoms with Crippen molar-refractivity contribution in [1.82, 2.24) is 10.6 Å². The van der Waals surface area contributed by atoms with Crippen LogP contribution in [-0.2, 0) is 14.3 Å². The van der Waals surface area contributed by atoms with Gasteiger partial charge in [-0.15, -0.1) is 0 Å². The van der Waals surface area contributed by atoms with Gasteiger partial charge in [0.2, 0.25) is 0 Å². The Morgan fingerprint density at radius 2 is 2.05 bits per heavy atom. The second-order valence-corrected chi connectivity index (χ2v) is 5.03. The lowest BCUT2D eigenvalue weighted by Gasteiger charge is -2.17. The molecule has 2 rings (SSSR count). The molecule has 2 N–H and O–H groups in total. The van der Waals surface area contributed by atoms with Crippen molar-refractivity contribution >= 4 is 17.8 Å². The van der Waals surface area contributed by atoms with Crippen molar-refractivity contribution in [2.75, 3.05) is 0 Å². The van der Waals surface area contributed by atoms with Gasteiger partial charge in [0.1, 0.15) is 6.04 Å². The Hall–Kier alpha value is -2.31. The number of hydrogen-bond donors (Lipinski definition) is 2. The second-order valence-electron chi connectivity index (χ2n) is 5.03. The first kappa shape index (κ1) is 15.1. The molecule has 2 atom stereocenters. The van der Waals surface area contributed by atoms with Crippen molar-refractivity contribution < 1.29 is 23.5 Å². The van der Waals surface area contributed by atoms with Crippen LogP contribution in [0.2, 0.25) is 0 Å². The number of hydrogen-bond acceptors (Lipinski definition) is 5. The van der Waals surface area contributed by atoms with Crippen molar-refractivity contribution in [2.24, 2.45) is 0 Å². The molecule has 0 radical (unpaired) electrons. The highest BCUT2D eigenvalue weighted by Crippen LogP contribution is 2.18. The molecule has 0 bridgehead atoms. The van der Waals surface area contributed by atoms with Gasteiger partial charge in [-0.3, -0.25) is 9.59 Å². The van der Waals surface area contributed by atoms with Crippen LogP contribution in [0.4, 0.5) is 0 Å². The summed E-state index contributed by atoms with van der Waals surface area (Å²) in [5.41, 5.74) is 0. The van der Waals surface area contributed by atoms with Gasteiger partial charge in [-0.1, -0.05) is 0 Å². The Balaban J connectivity index is 1.78. The fourth-order valence-electron chi connectivity index (χ4n) is 1.61. The number of amides is 2. The van der Waals surface area contributed by atoms with Gasteiger partial charge in [-0.2, -0.15) is 0 Å². The summed E-state index contributed by atoms with van der Waals surface area (Å²) in [6.45, 7) is 2.98. The van der Waals surface area contributed by atoms with E-state index in [9.17, 15) is 14.4 Å². The molecule has 7 nitrogen and oxygen atoms in total. The molecule has 0 spiro atoms. The minimum atomic E-state index is -0.888. The maximum atomic E-state index is 11.8. The molecule has 1 fully saturated rings. The van der Waals surface area contributed by atoms with E-state index >= 15 is 0 Å². The van der Waals surface area contributed by atoms with Gasteiger partial charge in [0.25, 0.3) is 11.8 Å². The first-order chi connectivity index (χ1) is 9.97. The van der Waals surface area contributed by atoms with Crippen molar-refractivity contribution in [3.05, 3.63) is 24.2 Å². The van der Waals surface area contributed by atoms with Gasteiger partial charge < -0.3 is 19.8 Å². The van der Waals surface area contributed by atoms with Crippen LogP contribution in [-0.4, -0.2) is 36.0 Å². The Labute approximate surface area is 122 Å². The number of rotatable bonds is 6. The Bertz CT molecular complexity index is 521. The van der Waals surface area contributed by atoms with Crippen molar-refractivity contribution in [2.45, 2.75) is 44.9 Å². The monoisotopic (exact) mass is 294 g/mol. The lowest BCUT2D eigenvalue weighted by atomic mass is 10.3. The highest BCUT2D eigenvalue weighted by molar-refractivity contribution is 5.94. The smallest absolute Gasteiger partial charge is 0.329 e. The molecule has 1 aliphatic carbocycles. The number of carbonyl (C=O) groups is 3.